The maximum Gasteiger partial charge on any atom is 0.160 e. The minimum Gasteiger partial charge on any atom is -0.456 e. The number of para-hydroxylation sites is 1. The number of hydrogen-bond donors (Lipinski definition) is 1. The summed E-state index contributed by atoms with van der Waals surface area (Å²) >= 11 is 0. The van der Waals surface area contributed by atoms with Crippen LogP contribution in [0.5, 0.6) is 0 Å². The summed E-state index contributed by atoms with van der Waals surface area (Å²) in [4.78, 5) is 10.5. The molecule has 1 N–H and O–H groups in total. The van der Waals surface area contributed by atoms with Crippen LogP contribution < -0.4 is 5.32 Å². The molecule has 0 saturated heterocycles. The Bertz CT molecular complexity index is 3260. The number of furan rings is 2. The van der Waals surface area contributed by atoms with Crippen molar-refractivity contribution in [3.05, 3.63) is 180 Å². The van der Waals surface area contributed by atoms with Gasteiger partial charge in [0.25, 0.3) is 0 Å². The lowest BCUT2D eigenvalue weighted by Crippen LogP contribution is -2.33. The highest BCUT2D eigenvalue weighted by Gasteiger charge is 2.27. The topological polar surface area (TPSA) is 63.0 Å². The molecule has 8 aromatic carbocycles. The maximum absolute atomic E-state index is 6.74. The van der Waals surface area contributed by atoms with Crippen LogP contribution >= 0.6 is 0 Å². The summed E-state index contributed by atoms with van der Waals surface area (Å²) in [5.74, 6) is 1.42. The van der Waals surface area contributed by atoms with Crippen LogP contribution in [0.3, 0.4) is 0 Å². The molecule has 1 aliphatic heterocycles. The van der Waals surface area contributed by atoms with E-state index in [1.54, 1.807) is 0 Å². The van der Waals surface area contributed by atoms with E-state index in [9.17, 15) is 0 Å². The van der Waals surface area contributed by atoms with Gasteiger partial charge in [-0.15, -0.1) is 0 Å². The molecule has 2 aliphatic rings. The Kier molecular flexibility index (Phi) is 6.05. The van der Waals surface area contributed by atoms with Gasteiger partial charge < -0.3 is 14.2 Å². The van der Waals surface area contributed by atoms with Crippen molar-refractivity contribution in [1.29, 1.82) is 0 Å². The van der Waals surface area contributed by atoms with Crippen LogP contribution in [-0.4, -0.2) is 11.7 Å². The molecule has 1 aliphatic carbocycles. The number of nitrogens with one attached hydrogen (secondary N) is 1. The number of hydrogen-bond acceptors (Lipinski definition) is 5. The van der Waals surface area contributed by atoms with E-state index in [0.717, 1.165) is 77.5 Å². The molecule has 1 atom stereocenters. The highest BCUT2D eigenvalue weighted by Crippen LogP contribution is 2.51. The Balaban J connectivity index is 1.02. The van der Waals surface area contributed by atoms with Crippen molar-refractivity contribution in [2.75, 3.05) is 0 Å². The van der Waals surface area contributed by atoms with Crippen molar-refractivity contribution >= 4 is 66.3 Å². The van der Waals surface area contributed by atoms with Gasteiger partial charge >= 0.3 is 0 Å². The van der Waals surface area contributed by atoms with Crippen molar-refractivity contribution < 1.29 is 8.83 Å². The smallest absolute Gasteiger partial charge is 0.160 e. The molecule has 1 unspecified atom stereocenters. The molecule has 0 radical (unpaired) electrons. The molecule has 5 heteroatoms. The minimum absolute atomic E-state index is 0.411. The molecule has 54 heavy (non-hydrogen) atoms. The van der Waals surface area contributed by atoms with Crippen LogP contribution in [0.2, 0.25) is 0 Å². The third-order valence-corrected chi connectivity index (χ3v) is 11.1. The highest BCUT2D eigenvalue weighted by atomic mass is 16.3. The number of rotatable bonds is 4. The van der Waals surface area contributed by atoms with E-state index in [1.807, 2.05) is 48.5 Å². The number of aliphatic imine (C=N–C) groups is 2. The molecule has 0 saturated carbocycles. The summed E-state index contributed by atoms with van der Waals surface area (Å²) in [6.45, 7) is 0. The zero-order chi connectivity index (χ0) is 35.3. The SMILES string of the molecule is c1ccc(C2=NC(c3cccc4oc5ccccc5c34)=NC(c3ccccc3-c3ccc4c(c3)oc3cc5c6c(cccc6c34)-c3ccccc3-5)N2)cc1. The fraction of sp³-hybridized carbons (Fsp3) is 0.0204. The second kappa shape index (κ2) is 11.1. The Hall–Kier alpha value is -7.24. The summed E-state index contributed by atoms with van der Waals surface area (Å²) in [5.41, 5.74) is 13.6. The Labute approximate surface area is 309 Å². The zero-order valence-corrected chi connectivity index (χ0v) is 28.9. The normalized spacial score (nSPS) is 14.9. The number of fused-ring (bicyclic) bond motifs is 10. The standard InChI is InChI=1S/C49H29N3O2/c1-2-12-28(13-3-1)47-50-48(52-49(51-47)38-21-11-23-41-46(38)35-18-8-9-22-40(35)53-41)34-17-7-4-14-30(34)29-24-25-36-42(26-29)54-43-27-39-32-16-6-5-15-31(32)33-19-10-20-37(44(33)39)45(36)43/h1-27,48H,(H,50,51,52). The first-order valence-electron chi connectivity index (χ1n) is 18.3. The Morgan fingerprint density at radius 3 is 1.98 bits per heavy atom. The van der Waals surface area contributed by atoms with Crippen molar-refractivity contribution in [2.24, 2.45) is 9.98 Å². The lowest BCUT2D eigenvalue weighted by Gasteiger charge is -2.25. The van der Waals surface area contributed by atoms with Gasteiger partial charge in [-0.2, -0.15) is 0 Å². The largest absolute Gasteiger partial charge is 0.456 e. The molecule has 3 heterocycles. The van der Waals surface area contributed by atoms with Gasteiger partial charge in [-0.05, 0) is 74.5 Å². The quantitative estimate of drug-likeness (QED) is 0.200. The average Bonchev–Trinajstić information content (AvgIpc) is 3.91. The molecule has 12 rings (SSSR count). The van der Waals surface area contributed by atoms with Crippen molar-refractivity contribution in [3.63, 3.8) is 0 Å². The highest BCUT2D eigenvalue weighted by molar-refractivity contribution is 6.28. The van der Waals surface area contributed by atoms with Gasteiger partial charge in [0.1, 0.15) is 34.3 Å². The van der Waals surface area contributed by atoms with E-state index in [0.29, 0.717) is 5.84 Å². The van der Waals surface area contributed by atoms with Crippen LogP contribution in [0.1, 0.15) is 22.9 Å². The Morgan fingerprint density at radius 2 is 1.07 bits per heavy atom. The monoisotopic (exact) mass is 691 g/mol. The fourth-order valence-corrected chi connectivity index (χ4v) is 8.74. The van der Waals surface area contributed by atoms with Gasteiger partial charge in [-0.3, -0.25) is 0 Å². The number of benzene rings is 8. The van der Waals surface area contributed by atoms with Crippen LogP contribution in [0.15, 0.2) is 183 Å². The van der Waals surface area contributed by atoms with E-state index in [2.05, 4.69) is 121 Å². The van der Waals surface area contributed by atoms with Crippen molar-refractivity contribution in [1.82, 2.24) is 5.32 Å². The molecule has 5 nitrogen and oxygen atoms in total. The van der Waals surface area contributed by atoms with Crippen LogP contribution in [0.4, 0.5) is 0 Å². The molecule has 0 bridgehead atoms. The number of amidine groups is 2. The third-order valence-electron chi connectivity index (χ3n) is 11.1. The van der Waals surface area contributed by atoms with Gasteiger partial charge in [-0.25, -0.2) is 9.98 Å². The minimum atomic E-state index is -0.411. The van der Waals surface area contributed by atoms with E-state index < -0.39 is 6.17 Å². The molecule has 252 valence electrons. The fourth-order valence-electron chi connectivity index (χ4n) is 8.74. The molecular weight excluding hydrogens is 663 g/mol. The van der Waals surface area contributed by atoms with Crippen LogP contribution in [0, 0.1) is 0 Å². The van der Waals surface area contributed by atoms with Crippen molar-refractivity contribution in [2.45, 2.75) is 6.17 Å². The first kappa shape index (κ1) is 29.3. The van der Waals surface area contributed by atoms with E-state index >= 15 is 0 Å². The summed E-state index contributed by atoms with van der Waals surface area (Å²) in [6.07, 6.45) is -0.411. The van der Waals surface area contributed by atoms with Crippen LogP contribution in [0.25, 0.3) is 88.0 Å². The maximum atomic E-state index is 6.74. The lowest BCUT2D eigenvalue weighted by molar-refractivity contribution is 0.668. The van der Waals surface area contributed by atoms with Gasteiger partial charge in [0, 0.05) is 38.2 Å². The van der Waals surface area contributed by atoms with Gasteiger partial charge in [0.15, 0.2) is 5.84 Å². The van der Waals surface area contributed by atoms with Crippen molar-refractivity contribution in [3.8, 4) is 33.4 Å². The van der Waals surface area contributed by atoms with E-state index in [-0.39, 0.29) is 0 Å². The van der Waals surface area contributed by atoms with E-state index in [4.69, 9.17) is 18.8 Å². The van der Waals surface area contributed by atoms with Crippen LogP contribution in [-0.2, 0) is 0 Å². The molecule has 0 spiro atoms. The summed E-state index contributed by atoms with van der Waals surface area (Å²) in [7, 11) is 0. The summed E-state index contributed by atoms with van der Waals surface area (Å²) < 4.78 is 13.0. The Morgan fingerprint density at radius 1 is 0.407 bits per heavy atom. The lowest BCUT2D eigenvalue weighted by atomic mass is 9.95. The second-order valence-electron chi connectivity index (χ2n) is 14.1. The summed E-state index contributed by atoms with van der Waals surface area (Å²) in [5, 5.41) is 10.6. The molecule has 0 fully saturated rings. The summed E-state index contributed by atoms with van der Waals surface area (Å²) in [6, 6.07) is 57.2. The van der Waals surface area contributed by atoms with Gasteiger partial charge in [0.05, 0.1) is 0 Å². The van der Waals surface area contributed by atoms with E-state index in [1.165, 1.54) is 33.0 Å². The number of nitrogens with zero attached hydrogens (tertiary/aromatic N) is 2. The molecular formula is C49H29N3O2. The van der Waals surface area contributed by atoms with Gasteiger partial charge in [-0.1, -0.05) is 133 Å². The first-order chi connectivity index (χ1) is 26.8. The molecule has 10 aromatic rings. The average molecular weight is 692 g/mol. The second-order valence-corrected chi connectivity index (χ2v) is 14.1. The predicted octanol–water partition coefficient (Wildman–Crippen LogP) is 12.4. The zero-order valence-electron chi connectivity index (χ0n) is 28.9. The van der Waals surface area contributed by atoms with Gasteiger partial charge in [0.2, 0.25) is 0 Å². The third kappa shape index (κ3) is 4.21. The molecule has 0 amide bonds. The predicted molar refractivity (Wildman–Crippen MR) is 220 cm³/mol. The molecule has 2 aromatic heterocycles. The first-order valence-corrected chi connectivity index (χ1v) is 18.3.